The van der Waals surface area contributed by atoms with Crippen LogP contribution in [0.5, 0.6) is 0 Å². The molecule has 1 rings (SSSR count). The van der Waals surface area contributed by atoms with Gasteiger partial charge in [0.05, 0.1) is 6.54 Å². The zero-order valence-electron chi connectivity index (χ0n) is 3.52. The van der Waals surface area contributed by atoms with Gasteiger partial charge in [0.2, 0.25) is 5.91 Å². The highest BCUT2D eigenvalue weighted by atomic mass is 16.3. The lowest BCUT2D eigenvalue weighted by molar-refractivity contribution is -0.117. The number of hydrogen-bond acceptors (Lipinski definition) is 2. The van der Waals surface area contributed by atoms with Gasteiger partial charge in [0, 0.05) is 0 Å². The summed E-state index contributed by atoms with van der Waals surface area (Å²) in [6, 6.07) is -0.398. The fraction of sp³-hybridized carbons (Fsp3) is 0.333. The Morgan fingerprint density at radius 3 is 2.29 bits per heavy atom. The molecule has 7 heavy (non-hydrogen) atoms. The van der Waals surface area contributed by atoms with Gasteiger partial charge in [0.15, 0.2) is 0 Å². The number of carbonyl (C=O) groups excluding carboxylic acids is 2. The van der Waals surface area contributed by atoms with E-state index in [9.17, 15) is 9.59 Å². The minimum atomic E-state index is -0.398. The van der Waals surface area contributed by atoms with Gasteiger partial charge in [-0.25, -0.2) is 4.79 Å². The third kappa shape index (κ3) is 0.677. The van der Waals surface area contributed by atoms with E-state index in [0.717, 1.165) is 0 Å². The van der Waals surface area contributed by atoms with Gasteiger partial charge >= 0.3 is 6.03 Å². The van der Waals surface area contributed by atoms with Crippen molar-refractivity contribution in [3.63, 3.8) is 0 Å². The molecule has 0 aromatic heterocycles. The Morgan fingerprint density at radius 2 is 2.14 bits per heavy atom. The van der Waals surface area contributed by atoms with Crippen LogP contribution in [0.15, 0.2) is 0 Å². The van der Waals surface area contributed by atoms with Crippen molar-refractivity contribution in [2.75, 3.05) is 6.54 Å². The van der Waals surface area contributed by atoms with Crippen LogP contribution in [0.3, 0.4) is 0 Å². The summed E-state index contributed by atoms with van der Waals surface area (Å²) in [5.74, 6) is -0.259. The summed E-state index contributed by atoms with van der Waals surface area (Å²) in [5, 5.41) is 4.30. The number of hydrogen-bond donors (Lipinski definition) is 2. The van der Waals surface area contributed by atoms with E-state index in [1.165, 1.54) is 0 Å². The van der Waals surface area contributed by atoms with Crippen LogP contribution in [0.4, 0.5) is 4.79 Å². The molecule has 1 aliphatic heterocycles. The Morgan fingerprint density at radius 1 is 1.43 bits per heavy atom. The zero-order chi connectivity index (χ0) is 5.28. The number of imide groups is 1. The molecule has 0 aromatic rings. The van der Waals surface area contributed by atoms with Crippen LogP contribution >= 0.6 is 0 Å². The van der Waals surface area contributed by atoms with Crippen molar-refractivity contribution in [3.05, 3.63) is 0 Å². The number of nitrogens with one attached hydrogen (secondary N) is 2. The first-order chi connectivity index (χ1) is 3.29. The number of carbonyl (C=O) groups is 2. The van der Waals surface area contributed by atoms with Crippen LogP contribution < -0.4 is 10.6 Å². The Hall–Kier alpha value is -1.06. The Kier molecular flexibility index (Phi) is 0.714. The zero-order valence-corrected chi connectivity index (χ0v) is 3.52. The summed E-state index contributed by atoms with van der Waals surface area (Å²) in [4.78, 5) is 20.1. The van der Waals surface area contributed by atoms with Crippen LogP contribution in [0, 0.1) is 0 Å². The molecule has 0 bridgehead atoms. The highest BCUT2D eigenvalue weighted by Gasteiger charge is 2.14. The van der Waals surface area contributed by atoms with E-state index in [4.69, 9.17) is 0 Å². The van der Waals surface area contributed by atoms with Gasteiger partial charge in [0.25, 0.3) is 0 Å². The van der Waals surface area contributed by atoms with E-state index >= 15 is 0 Å². The summed E-state index contributed by atoms with van der Waals surface area (Å²) in [5.41, 5.74) is 0. The highest BCUT2D eigenvalue weighted by molar-refractivity contribution is 6.01. The van der Waals surface area contributed by atoms with Gasteiger partial charge in [-0.3, -0.25) is 10.1 Å². The molecule has 1 fully saturated rings. The lowest BCUT2D eigenvalue weighted by Crippen LogP contribution is -2.22. The third-order valence-electron chi connectivity index (χ3n) is 0.662. The highest BCUT2D eigenvalue weighted by Crippen LogP contribution is 1.73. The van der Waals surface area contributed by atoms with Gasteiger partial charge in [0.1, 0.15) is 0 Å². The second-order valence-electron chi connectivity index (χ2n) is 1.23. The second-order valence-corrected chi connectivity index (χ2v) is 1.23. The maximum Gasteiger partial charge on any atom is 0.321 e. The molecular formula is C3H4N2O2. The molecule has 0 spiro atoms. The molecular weight excluding hydrogens is 99.0 g/mol. The first kappa shape index (κ1) is 4.11. The molecule has 3 amide bonds. The van der Waals surface area contributed by atoms with E-state index in [2.05, 4.69) is 5.32 Å². The molecule has 0 aliphatic carbocycles. The Balaban J connectivity index is 2.55. The first-order valence-electron chi connectivity index (χ1n) is 1.87. The summed E-state index contributed by atoms with van der Waals surface area (Å²) < 4.78 is 0. The molecule has 4 nitrogen and oxygen atoms in total. The van der Waals surface area contributed by atoms with Gasteiger partial charge in [-0.15, -0.1) is 0 Å². The number of rotatable bonds is 0. The van der Waals surface area contributed by atoms with Crippen molar-refractivity contribution in [1.82, 2.24) is 10.6 Å². The predicted molar refractivity (Wildman–Crippen MR) is 21.5 cm³/mol. The summed E-state index contributed by atoms with van der Waals surface area (Å²) in [6.07, 6.45) is 0. The fourth-order valence-electron chi connectivity index (χ4n) is 0.376. The van der Waals surface area contributed by atoms with Crippen molar-refractivity contribution in [2.24, 2.45) is 0 Å². The average Bonchev–Trinajstić information content (AvgIpc) is 1.87. The Bertz CT molecular complexity index is 106. The van der Waals surface area contributed by atoms with Crippen molar-refractivity contribution in [2.45, 2.75) is 0 Å². The smallest absolute Gasteiger partial charge is 0.321 e. The summed E-state index contributed by atoms with van der Waals surface area (Å²) in [6.45, 7) is 0.124. The van der Waals surface area contributed by atoms with Crippen molar-refractivity contribution >= 4 is 11.9 Å². The standard InChI is InChI=1S/C3H4N2O2/c6-2-1-4-3(7)5-2/h1H2,(H2,4,5,6,7)/i1+1,2+1,4+1. The van der Waals surface area contributed by atoms with Gasteiger partial charge < -0.3 is 5.32 Å². The van der Waals surface area contributed by atoms with Crippen molar-refractivity contribution in [3.8, 4) is 0 Å². The van der Waals surface area contributed by atoms with Gasteiger partial charge in [-0.2, -0.15) is 0 Å². The molecule has 0 radical (unpaired) electrons. The van der Waals surface area contributed by atoms with Crippen LogP contribution in [0.1, 0.15) is 0 Å². The average molecular weight is 103 g/mol. The SMILES string of the molecule is O=C1N[13C](=O)[13CH2][15NH]1. The molecule has 0 aromatic carbocycles. The second kappa shape index (κ2) is 1.22. The van der Waals surface area contributed by atoms with E-state index < -0.39 is 6.03 Å². The molecule has 1 saturated heterocycles. The molecule has 0 atom stereocenters. The van der Waals surface area contributed by atoms with E-state index in [-0.39, 0.29) is 12.5 Å². The molecule has 0 saturated carbocycles. The quantitative estimate of drug-likeness (QED) is 0.230. The molecule has 0 unspecified atom stereocenters. The monoisotopic (exact) mass is 103 g/mol. The number of amides is 3. The summed E-state index contributed by atoms with van der Waals surface area (Å²) >= 11 is 0. The molecule has 1 aliphatic rings. The third-order valence-corrected chi connectivity index (χ3v) is 0.662. The maximum absolute atomic E-state index is 10.1. The van der Waals surface area contributed by atoms with Gasteiger partial charge in [-0.1, -0.05) is 0 Å². The minimum absolute atomic E-state index is 0.124. The topological polar surface area (TPSA) is 58.2 Å². The summed E-state index contributed by atoms with van der Waals surface area (Å²) in [7, 11) is 0. The predicted octanol–water partition coefficient (Wildman–Crippen LogP) is -1.17. The fourth-order valence-corrected chi connectivity index (χ4v) is 0.376. The maximum atomic E-state index is 10.1. The van der Waals surface area contributed by atoms with Crippen molar-refractivity contribution < 1.29 is 9.59 Å². The molecule has 2 N–H and O–H groups in total. The largest absolute Gasteiger partial charge is 0.329 e. The molecule has 38 valence electrons. The normalized spacial score (nSPS) is 18.9. The van der Waals surface area contributed by atoms with E-state index in [1.807, 2.05) is 5.32 Å². The lowest BCUT2D eigenvalue weighted by Gasteiger charge is -1.78. The van der Waals surface area contributed by atoms with Crippen LogP contribution in [-0.4, -0.2) is 18.5 Å². The van der Waals surface area contributed by atoms with Crippen molar-refractivity contribution in [1.29, 1.82) is 0 Å². The lowest BCUT2D eigenvalue weighted by atomic mass is 11.2. The van der Waals surface area contributed by atoms with Crippen LogP contribution in [0.2, 0.25) is 0 Å². The first-order valence-corrected chi connectivity index (χ1v) is 1.87. The van der Waals surface area contributed by atoms with Crippen LogP contribution in [-0.2, 0) is 4.79 Å². The Labute approximate surface area is 39.9 Å². The van der Waals surface area contributed by atoms with Crippen LogP contribution in [0.25, 0.3) is 0 Å². The molecule has 1 heterocycles. The van der Waals surface area contributed by atoms with E-state index in [0.29, 0.717) is 0 Å². The van der Waals surface area contributed by atoms with E-state index in [1.54, 1.807) is 0 Å². The van der Waals surface area contributed by atoms with Gasteiger partial charge in [-0.05, 0) is 0 Å². The molecule has 4 heteroatoms. The minimum Gasteiger partial charge on any atom is -0.329 e. The number of urea groups is 1.